The highest BCUT2D eigenvalue weighted by molar-refractivity contribution is 5.86. The van der Waals surface area contributed by atoms with E-state index in [-0.39, 0.29) is 30.8 Å². The second kappa shape index (κ2) is 9.02. The van der Waals surface area contributed by atoms with Crippen molar-refractivity contribution >= 4 is 18.0 Å². The molecule has 7 heteroatoms. The van der Waals surface area contributed by atoms with Crippen LogP contribution in [0.5, 0.6) is 0 Å². The number of fused-ring (bicyclic) bond motifs is 3. The van der Waals surface area contributed by atoms with Crippen molar-refractivity contribution in [2.75, 3.05) is 13.2 Å². The van der Waals surface area contributed by atoms with Crippen molar-refractivity contribution in [3.8, 4) is 11.1 Å². The SMILES string of the molecule is CC(C)[C@H](CC(=O)N1CCC1C(=O)O)NC(=O)OCC1c2ccccc2-c2ccccc21. The molecule has 2 aliphatic rings. The number of carboxylic acids is 1. The van der Waals surface area contributed by atoms with Crippen molar-refractivity contribution in [3.63, 3.8) is 0 Å². The summed E-state index contributed by atoms with van der Waals surface area (Å²) in [4.78, 5) is 37.7. The summed E-state index contributed by atoms with van der Waals surface area (Å²) in [5.74, 6) is -1.30. The van der Waals surface area contributed by atoms with Crippen LogP contribution in [0.15, 0.2) is 48.5 Å². The lowest BCUT2D eigenvalue weighted by molar-refractivity contribution is -0.157. The van der Waals surface area contributed by atoms with Gasteiger partial charge in [0.05, 0.1) is 0 Å². The number of carbonyl (C=O) groups is 3. The van der Waals surface area contributed by atoms with Gasteiger partial charge in [-0.15, -0.1) is 0 Å². The van der Waals surface area contributed by atoms with Gasteiger partial charge >= 0.3 is 12.1 Å². The van der Waals surface area contributed by atoms with Crippen LogP contribution >= 0.6 is 0 Å². The van der Waals surface area contributed by atoms with Crippen molar-refractivity contribution in [1.29, 1.82) is 0 Å². The van der Waals surface area contributed by atoms with Crippen molar-refractivity contribution in [2.45, 2.75) is 44.7 Å². The molecule has 1 aliphatic heterocycles. The topological polar surface area (TPSA) is 95.9 Å². The number of aliphatic carboxylic acids is 1. The molecule has 1 aliphatic carbocycles. The molecule has 32 heavy (non-hydrogen) atoms. The summed E-state index contributed by atoms with van der Waals surface area (Å²) in [5.41, 5.74) is 4.58. The number of nitrogens with zero attached hydrogens (tertiary/aromatic N) is 1. The molecule has 1 saturated heterocycles. The molecule has 2 atom stereocenters. The monoisotopic (exact) mass is 436 g/mol. The number of nitrogens with one attached hydrogen (secondary N) is 1. The average molecular weight is 437 g/mol. The van der Waals surface area contributed by atoms with E-state index in [1.807, 2.05) is 38.1 Å². The normalized spacial score (nSPS) is 17.8. The standard InChI is InChI=1S/C25H28N2O5/c1-15(2)21(13-23(28)27-12-11-22(27)24(29)30)26-25(31)32-14-20-18-9-5-3-7-16(18)17-8-4-6-10-19(17)20/h3-10,15,20-22H,11-14H2,1-2H3,(H,26,31)(H,29,30)/t21-,22?/m0/s1. The van der Waals surface area contributed by atoms with Gasteiger partial charge in [-0.25, -0.2) is 9.59 Å². The zero-order valence-corrected chi connectivity index (χ0v) is 18.3. The van der Waals surface area contributed by atoms with Crippen LogP contribution in [0.2, 0.25) is 0 Å². The second-order valence-corrected chi connectivity index (χ2v) is 8.75. The third-order valence-electron chi connectivity index (χ3n) is 6.47. The fourth-order valence-electron chi connectivity index (χ4n) is 4.49. The minimum Gasteiger partial charge on any atom is -0.480 e. The molecule has 2 amide bonds. The van der Waals surface area contributed by atoms with Gasteiger partial charge < -0.3 is 20.1 Å². The number of rotatable bonds is 7. The molecule has 1 heterocycles. The minimum absolute atomic E-state index is 0.0102. The molecule has 0 spiro atoms. The Morgan fingerprint density at radius 2 is 1.66 bits per heavy atom. The van der Waals surface area contributed by atoms with E-state index in [2.05, 4.69) is 29.6 Å². The van der Waals surface area contributed by atoms with E-state index in [4.69, 9.17) is 4.74 Å². The van der Waals surface area contributed by atoms with Gasteiger partial charge in [0.2, 0.25) is 5.91 Å². The number of hydrogen-bond donors (Lipinski definition) is 2. The Balaban J connectivity index is 1.37. The molecule has 2 aromatic rings. The largest absolute Gasteiger partial charge is 0.480 e. The summed E-state index contributed by atoms with van der Waals surface area (Å²) in [6, 6.07) is 15.1. The summed E-state index contributed by atoms with van der Waals surface area (Å²) in [5, 5.41) is 12.0. The van der Waals surface area contributed by atoms with Gasteiger partial charge in [-0.1, -0.05) is 62.4 Å². The molecule has 0 radical (unpaired) electrons. The first kappa shape index (κ1) is 21.9. The fraction of sp³-hybridized carbons (Fsp3) is 0.400. The molecular weight excluding hydrogens is 408 g/mol. The average Bonchev–Trinajstić information content (AvgIpc) is 3.04. The number of carbonyl (C=O) groups excluding carboxylic acids is 2. The maximum absolute atomic E-state index is 12.6. The van der Waals surface area contributed by atoms with Gasteiger partial charge in [0, 0.05) is 24.9 Å². The van der Waals surface area contributed by atoms with Crippen LogP contribution in [-0.2, 0) is 14.3 Å². The van der Waals surface area contributed by atoms with Gasteiger partial charge in [-0.2, -0.15) is 0 Å². The van der Waals surface area contributed by atoms with E-state index in [0.29, 0.717) is 13.0 Å². The van der Waals surface area contributed by atoms with Crippen molar-refractivity contribution in [3.05, 3.63) is 59.7 Å². The van der Waals surface area contributed by atoms with Crippen LogP contribution in [0.25, 0.3) is 11.1 Å². The van der Waals surface area contributed by atoms with Crippen LogP contribution < -0.4 is 5.32 Å². The Kier molecular flexibility index (Phi) is 6.17. The van der Waals surface area contributed by atoms with Crippen LogP contribution in [0.3, 0.4) is 0 Å². The minimum atomic E-state index is -0.991. The van der Waals surface area contributed by atoms with Gasteiger partial charge in [0.15, 0.2) is 0 Å². The van der Waals surface area contributed by atoms with Gasteiger partial charge in [0.1, 0.15) is 12.6 Å². The smallest absolute Gasteiger partial charge is 0.407 e. The molecular formula is C25H28N2O5. The number of ether oxygens (including phenoxy) is 1. The molecule has 4 rings (SSSR count). The summed E-state index contributed by atoms with van der Waals surface area (Å²) in [7, 11) is 0. The van der Waals surface area contributed by atoms with E-state index in [1.165, 1.54) is 4.90 Å². The van der Waals surface area contributed by atoms with Crippen molar-refractivity contribution in [2.24, 2.45) is 5.92 Å². The zero-order chi connectivity index (χ0) is 22.8. The number of alkyl carbamates (subject to hydrolysis) is 1. The molecule has 1 fully saturated rings. The first-order chi connectivity index (χ1) is 15.4. The highest BCUT2D eigenvalue weighted by Gasteiger charge is 2.38. The Hall–Kier alpha value is -3.35. The maximum atomic E-state index is 12.6. The summed E-state index contributed by atoms with van der Waals surface area (Å²) in [6.07, 6.45) is -0.0597. The highest BCUT2D eigenvalue weighted by Crippen LogP contribution is 2.44. The summed E-state index contributed by atoms with van der Waals surface area (Å²) >= 11 is 0. The van der Waals surface area contributed by atoms with Crippen LogP contribution in [0.4, 0.5) is 4.79 Å². The molecule has 2 aromatic carbocycles. The van der Waals surface area contributed by atoms with Gasteiger partial charge in [-0.05, 0) is 34.6 Å². The van der Waals surface area contributed by atoms with E-state index in [1.54, 1.807) is 0 Å². The molecule has 168 valence electrons. The number of carboxylic acid groups (broad SMARTS) is 1. The quantitative estimate of drug-likeness (QED) is 0.691. The first-order valence-corrected chi connectivity index (χ1v) is 11.0. The molecule has 0 aromatic heterocycles. The lowest BCUT2D eigenvalue weighted by Gasteiger charge is -2.39. The molecule has 0 saturated carbocycles. The Labute approximate surface area is 187 Å². The molecule has 0 bridgehead atoms. The van der Waals surface area contributed by atoms with Gasteiger partial charge in [-0.3, -0.25) is 4.79 Å². The third-order valence-corrected chi connectivity index (χ3v) is 6.47. The Morgan fingerprint density at radius 3 is 2.16 bits per heavy atom. The fourth-order valence-corrected chi connectivity index (χ4v) is 4.49. The van der Waals surface area contributed by atoms with Crippen LogP contribution in [0, 0.1) is 5.92 Å². The Bertz CT molecular complexity index is 989. The van der Waals surface area contributed by atoms with E-state index in [0.717, 1.165) is 22.3 Å². The van der Waals surface area contributed by atoms with Crippen molar-refractivity contribution < 1.29 is 24.2 Å². The summed E-state index contributed by atoms with van der Waals surface area (Å²) < 4.78 is 5.59. The maximum Gasteiger partial charge on any atom is 0.407 e. The molecule has 1 unspecified atom stereocenters. The number of benzene rings is 2. The first-order valence-electron chi connectivity index (χ1n) is 11.0. The van der Waals surface area contributed by atoms with Crippen molar-refractivity contribution in [1.82, 2.24) is 10.2 Å². The number of hydrogen-bond acceptors (Lipinski definition) is 4. The van der Waals surface area contributed by atoms with Crippen LogP contribution in [-0.4, -0.2) is 53.2 Å². The lowest BCUT2D eigenvalue weighted by Crippen LogP contribution is -2.56. The van der Waals surface area contributed by atoms with E-state index in [9.17, 15) is 19.5 Å². The zero-order valence-electron chi connectivity index (χ0n) is 18.3. The van der Waals surface area contributed by atoms with Crippen LogP contribution in [0.1, 0.15) is 43.7 Å². The highest BCUT2D eigenvalue weighted by atomic mass is 16.5. The predicted octanol–water partition coefficient (Wildman–Crippen LogP) is 3.63. The number of likely N-dealkylation sites (tertiary alicyclic amines) is 1. The third kappa shape index (κ3) is 4.20. The molecule has 7 nitrogen and oxygen atoms in total. The van der Waals surface area contributed by atoms with Gasteiger partial charge in [0.25, 0.3) is 0 Å². The lowest BCUT2D eigenvalue weighted by atomic mass is 9.97. The Morgan fingerprint density at radius 1 is 1.06 bits per heavy atom. The predicted molar refractivity (Wildman–Crippen MR) is 119 cm³/mol. The van der Waals surface area contributed by atoms with E-state index >= 15 is 0 Å². The second-order valence-electron chi connectivity index (χ2n) is 8.75. The number of amides is 2. The van der Waals surface area contributed by atoms with E-state index < -0.39 is 24.1 Å². The molecule has 2 N–H and O–H groups in total. The summed E-state index contributed by atoms with van der Waals surface area (Å²) in [6.45, 7) is 4.45.